The summed E-state index contributed by atoms with van der Waals surface area (Å²) in [5, 5.41) is 20.5. The molecule has 0 aromatic heterocycles. The van der Waals surface area contributed by atoms with Gasteiger partial charge in [0, 0.05) is 15.5 Å². The van der Waals surface area contributed by atoms with Crippen molar-refractivity contribution in [2.24, 2.45) is 11.3 Å². The molecule has 1 aliphatic heterocycles. The second-order valence-corrected chi connectivity index (χ2v) is 8.70. The SMILES string of the molecule is O=S1(=O)CCC(C(CO)(CO)Cc2c(Cl)cccc2Cl)C1. The van der Waals surface area contributed by atoms with E-state index >= 15 is 0 Å². The van der Waals surface area contributed by atoms with Gasteiger partial charge in [-0.1, -0.05) is 29.3 Å². The maximum Gasteiger partial charge on any atom is 0.150 e. The second kappa shape index (κ2) is 6.42. The molecule has 118 valence electrons. The molecule has 1 unspecified atom stereocenters. The largest absolute Gasteiger partial charge is 0.396 e. The lowest BCUT2D eigenvalue weighted by Crippen LogP contribution is -2.41. The topological polar surface area (TPSA) is 74.6 Å². The van der Waals surface area contributed by atoms with Gasteiger partial charge in [-0.25, -0.2) is 8.42 Å². The zero-order valence-corrected chi connectivity index (χ0v) is 13.8. The first kappa shape index (κ1) is 17.0. The second-order valence-electron chi connectivity index (χ2n) is 5.66. The lowest BCUT2D eigenvalue weighted by atomic mass is 9.72. The van der Waals surface area contributed by atoms with Gasteiger partial charge in [0.05, 0.1) is 24.7 Å². The summed E-state index contributed by atoms with van der Waals surface area (Å²) in [6, 6.07) is 5.09. The first-order valence-corrected chi connectivity index (χ1v) is 9.26. The fourth-order valence-corrected chi connectivity index (χ4v) is 5.37. The first-order chi connectivity index (χ1) is 9.83. The molecular formula is C14H18Cl2O4S. The quantitative estimate of drug-likeness (QED) is 0.849. The molecule has 4 nitrogen and oxygen atoms in total. The predicted octanol–water partition coefficient (Wildman–Crippen LogP) is 1.94. The number of halogens is 2. The van der Waals surface area contributed by atoms with E-state index in [1.807, 2.05) is 0 Å². The van der Waals surface area contributed by atoms with E-state index in [0.717, 1.165) is 0 Å². The smallest absolute Gasteiger partial charge is 0.150 e. The summed E-state index contributed by atoms with van der Waals surface area (Å²) >= 11 is 12.3. The Morgan fingerprint density at radius 1 is 1.19 bits per heavy atom. The molecule has 7 heteroatoms. The summed E-state index contributed by atoms with van der Waals surface area (Å²) in [6.45, 7) is -0.628. The van der Waals surface area contributed by atoms with Gasteiger partial charge in [0.15, 0.2) is 9.84 Å². The Morgan fingerprint density at radius 3 is 2.19 bits per heavy atom. The minimum absolute atomic E-state index is 0.0177. The molecule has 0 amide bonds. The summed E-state index contributed by atoms with van der Waals surface area (Å²) < 4.78 is 23.4. The Bertz CT molecular complexity index is 591. The van der Waals surface area contributed by atoms with Gasteiger partial charge in [-0.15, -0.1) is 0 Å². The molecule has 0 radical (unpaired) electrons. The van der Waals surface area contributed by atoms with Crippen molar-refractivity contribution in [1.82, 2.24) is 0 Å². The Hall–Kier alpha value is -0.330. The summed E-state index contributed by atoms with van der Waals surface area (Å²) in [7, 11) is -3.10. The number of rotatable bonds is 5. The monoisotopic (exact) mass is 352 g/mol. The highest BCUT2D eigenvalue weighted by Crippen LogP contribution is 2.41. The van der Waals surface area contributed by atoms with E-state index in [0.29, 0.717) is 22.0 Å². The molecule has 1 atom stereocenters. The van der Waals surface area contributed by atoms with Gasteiger partial charge in [-0.05, 0) is 36.5 Å². The summed E-state index contributed by atoms with van der Waals surface area (Å²) in [6.07, 6.45) is 0.685. The molecular weight excluding hydrogens is 335 g/mol. The molecule has 1 aliphatic rings. The van der Waals surface area contributed by atoms with E-state index < -0.39 is 15.3 Å². The Morgan fingerprint density at radius 2 is 1.76 bits per heavy atom. The summed E-state index contributed by atoms with van der Waals surface area (Å²) in [4.78, 5) is 0. The number of sulfone groups is 1. The van der Waals surface area contributed by atoms with Crippen LogP contribution in [-0.2, 0) is 16.3 Å². The van der Waals surface area contributed by atoms with Crippen LogP contribution in [0.5, 0.6) is 0 Å². The normalized spacial score (nSPS) is 21.6. The van der Waals surface area contributed by atoms with Gasteiger partial charge in [-0.2, -0.15) is 0 Å². The molecule has 0 spiro atoms. The maximum absolute atomic E-state index is 11.7. The minimum atomic E-state index is -3.10. The fraction of sp³-hybridized carbons (Fsp3) is 0.571. The van der Waals surface area contributed by atoms with Gasteiger partial charge in [0.2, 0.25) is 0 Å². The Labute approximate surface area is 134 Å². The molecule has 1 aromatic carbocycles. The van der Waals surface area contributed by atoms with Crippen LogP contribution in [0.25, 0.3) is 0 Å². The van der Waals surface area contributed by atoms with E-state index in [1.54, 1.807) is 18.2 Å². The van der Waals surface area contributed by atoms with E-state index in [2.05, 4.69) is 0 Å². The van der Waals surface area contributed by atoms with Gasteiger partial charge in [-0.3, -0.25) is 0 Å². The van der Waals surface area contributed by atoms with Gasteiger partial charge in [0.1, 0.15) is 0 Å². The van der Waals surface area contributed by atoms with Gasteiger partial charge < -0.3 is 10.2 Å². The lowest BCUT2D eigenvalue weighted by molar-refractivity contribution is 0.0125. The Kier molecular flexibility index (Phi) is 5.21. The minimum Gasteiger partial charge on any atom is -0.396 e. The number of aliphatic hydroxyl groups excluding tert-OH is 2. The van der Waals surface area contributed by atoms with Crippen LogP contribution in [0.3, 0.4) is 0 Å². The predicted molar refractivity (Wildman–Crippen MR) is 83.5 cm³/mol. The average Bonchev–Trinajstić information content (AvgIpc) is 2.80. The Balaban J connectivity index is 2.35. The highest BCUT2D eigenvalue weighted by atomic mass is 35.5. The summed E-state index contributed by atoms with van der Waals surface area (Å²) in [5.74, 6) is -0.226. The molecule has 1 fully saturated rings. The van der Waals surface area contributed by atoms with E-state index in [4.69, 9.17) is 23.2 Å². The third kappa shape index (κ3) is 3.54. The van der Waals surface area contributed by atoms with E-state index in [-0.39, 0.29) is 37.1 Å². The summed E-state index contributed by atoms with van der Waals surface area (Å²) in [5.41, 5.74) is -0.300. The molecule has 1 saturated heterocycles. The van der Waals surface area contributed by atoms with Crippen molar-refractivity contribution < 1.29 is 18.6 Å². The highest BCUT2D eigenvalue weighted by Gasteiger charge is 2.44. The maximum atomic E-state index is 11.7. The third-order valence-electron chi connectivity index (χ3n) is 4.32. The molecule has 0 aliphatic carbocycles. The fourth-order valence-electron chi connectivity index (χ4n) is 2.90. The van der Waals surface area contributed by atoms with E-state index in [1.165, 1.54) is 0 Å². The lowest BCUT2D eigenvalue weighted by Gasteiger charge is -2.36. The van der Waals surface area contributed by atoms with Crippen LogP contribution in [0.15, 0.2) is 18.2 Å². The van der Waals surface area contributed by atoms with Crippen LogP contribution in [-0.4, -0.2) is 43.4 Å². The van der Waals surface area contributed by atoms with Crippen LogP contribution >= 0.6 is 23.2 Å². The van der Waals surface area contributed by atoms with Crippen molar-refractivity contribution in [2.45, 2.75) is 12.8 Å². The standard InChI is InChI=1S/C14H18Cl2O4S/c15-12-2-1-3-13(16)11(12)6-14(8-17,9-18)10-4-5-21(19,20)7-10/h1-3,10,17-18H,4-9H2. The molecule has 0 saturated carbocycles. The number of aliphatic hydroxyl groups is 2. The van der Waals surface area contributed by atoms with Crippen molar-refractivity contribution in [1.29, 1.82) is 0 Å². The molecule has 21 heavy (non-hydrogen) atoms. The van der Waals surface area contributed by atoms with Crippen LogP contribution in [0.4, 0.5) is 0 Å². The van der Waals surface area contributed by atoms with Crippen molar-refractivity contribution >= 4 is 33.0 Å². The molecule has 1 aromatic rings. The van der Waals surface area contributed by atoms with Crippen molar-refractivity contribution in [3.63, 3.8) is 0 Å². The van der Waals surface area contributed by atoms with Crippen molar-refractivity contribution in [3.8, 4) is 0 Å². The molecule has 2 N–H and O–H groups in total. The highest BCUT2D eigenvalue weighted by molar-refractivity contribution is 7.91. The number of hydrogen-bond acceptors (Lipinski definition) is 4. The van der Waals surface area contributed by atoms with Crippen LogP contribution in [0.2, 0.25) is 10.0 Å². The van der Waals surface area contributed by atoms with E-state index in [9.17, 15) is 18.6 Å². The van der Waals surface area contributed by atoms with Crippen LogP contribution in [0.1, 0.15) is 12.0 Å². The molecule has 0 bridgehead atoms. The first-order valence-electron chi connectivity index (χ1n) is 6.68. The number of benzene rings is 1. The van der Waals surface area contributed by atoms with Crippen LogP contribution < -0.4 is 0 Å². The van der Waals surface area contributed by atoms with Crippen LogP contribution in [0, 0.1) is 11.3 Å². The average molecular weight is 353 g/mol. The molecule has 2 rings (SSSR count). The zero-order chi connectivity index (χ0) is 15.7. The van der Waals surface area contributed by atoms with Gasteiger partial charge in [0.25, 0.3) is 0 Å². The van der Waals surface area contributed by atoms with Crippen molar-refractivity contribution in [2.75, 3.05) is 24.7 Å². The molecule has 1 heterocycles. The van der Waals surface area contributed by atoms with Crippen molar-refractivity contribution in [3.05, 3.63) is 33.8 Å². The number of hydrogen-bond donors (Lipinski definition) is 2. The zero-order valence-electron chi connectivity index (χ0n) is 11.4. The third-order valence-corrected chi connectivity index (χ3v) is 6.79. The van der Waals surface area contributed by atoms with Gasteiger partial charge >= 0.3 is 0 Å².